The maximum absolute atomic E-state index is 13.3. The Morgan fingerprint density at radius 2 is 2.25 bits per heavy atom. The Morgan fingerprint density at radius 1 is 1.42 bits per heavy atom. The fourth-order valence-electron chi connectivity index (χ4n) is 2.43. The first-order valence-electron chi connectivity index (χ1n) is 7.57. The van der Waals surface area contributed by atoms with Gasteiger partial charge in [-0.15, -0.1) is 0 Å². The van der Waals surface area contributed by atoms with E-state index in [-0.39, 0.29) is 23.7 Å². The third-order valence-electron chi connectivity index (χ3n) is 3.71. The number of carbonyl (C=O) groups excluding carboxylic acids is 1. The first-order chi connectivity index (χ1) is 11.6. The van der Waals surface area contributed by atoms with E-state index in [2.05, 4.69) is 10.5 Å². The molecule has 0 spiro atoms. The lowest BCUT2D eigenvalue weighted by molar-refractivity contribution is -0.125. The molecule has 1 aromatic carbocycles. The van der Waals surface area contributed by atoms with Crippen molar-refractivity contribution in [2.24, 2.45) is 5.16 Å². The predicted molar refractivity (Wildman–Crippen MR) is 87.4 cm³/mol. The number of aryl methyl sites for hydroxylation is 1. The van der Waals surface area contributed by atoms with Gasteiger partial charge in [-0.3, -0.25) is 9.59 Å². The standard InChI is InChI=1S/C17H16FN3O3/c1-2-21-10-13(6-7-16(21)22)19-17(23)15-9-14(20-24-15)11-4-3-5-12(18)8-11/h3-8,10,15H,2,9H2,1H3,(H,19,23)/t15-/m0/s1. The average Bonchev–Trinajstić information content (AvgIpc) is 3.07. The van der Waals surface area contributed by atoms with Crippen molar-refractivity contribution in [3.05, 3.63) is 64.3 Å². The molecular formula is C17H16FN3O3. The van der Waals surface area contributed by atoms with Crippen LogP contribution in [0.5, 0.6) is 0 Å². The van der Waals surface area contributed by atoms with Crippen LogP contribution >= 0.6 is 0 Å². The van der Waals surface area contributed by atoms with Gasteiger partial charge in [0.05, 0.1) is 11.4 Å². The van der Waals surface area contributed by atoms with Crippen molar-refractivity contribution in [3.8, 4) is 0 Å². The second-order valence-electron chi connectivity index (χ2n) is 5.38. The first kappa shape index (κ1) is 15.9. The van der Waals surface area contributed by atoms with Crippen LogP contribution in [0.1, 0.15) is 18.9 Å². The molecule has 0 radical (unpaired) electrons. The number of carbonyl (C=O) groups is 1. The number of benzene rings is 1. The van der Waals surface area contributed by atoms with Crippen molar-refractivity contribution < 1.29 is 14.0 Å². The van der Waals surface area contributed by atoms with E-state index in [0.717, 1.165) is 0 Å². The Kier molecular flexibility index (Phi) is 4.41. The van der Waals surface area contributed by atoms with Crippen molar-refractivity contribution in [1.82, 2.24) is 4.57 Å². The van der Waals surface area contributed by atoms with Crippen LogP contribution in [0.15, 0.2) is 52.5 Å². The molecule has 6 nitrogen and oxygen atoms in total. The summed E-state index contributed by atoms with van der Waals surface area (Å²) in [6, 6.07) is 8.91. The average molecular weight is 329 g/mol. The molecular weight excluding hydrogens is 313 g/mol. The molecule has 124 valence electrons. The lowest BCUT2D eigenvalue weighted by atomic mass is 10.0. The molecule has 2 heterocycles. The third kappa shape index (κ3) is 3.34. The van der Waals surface area contributed by atoms with Crippen molar-refractivity contribution in [3.63, 3.8) is 0 Å². The second kappa shape index (κ2) is 6.66. The van der Waals surface area contributed by atoms with Crippen LogP contribution in [0, 0.1) is 5.82 Å². The van der Waals surface area contributed by atoms with Gasteiger partial charge in [0.25, 0.3) is 11.5 Å². The number of anilines is 1. The molecule has 0 aliphatic carbocycles. The van der Waals surface area contributed by atoms with Crippen LogP contribution in [0.4, 0.5) is 10.1 Å². The Balaban J connectivity index is 1.66. The summed E-state index contributed by atoms with van der Waals surface area (Å²) in [4.78, 5) is 29.0. The number of rotatable bonds is 4. The van der Waals surface area contributed by atoms with Crippen molar-refractivity contribution in [2.45, 2.75) is 26.0 Å². The Morgan fingerprint density at radius 3 is 3.00 bits per heavy atom. The molecule has 1 atom stereocenters. The van der Waals surface area contributed by atoms with E-state index in [4.69, 9.17) is 4.84 Å². The van der Waals surface area contributed by atoms with Gasteiger partial charge in [-0.2, -0.15) is 0 Å². The van der Waals surface area contributed by atoms with Crippen LogP contribution < -0.4 is 10.9 Å². The molecule has 1 N–H and O–H groups in total. The van der Waals surface area contributed by atoms with Gasteiger partial charge in [-0.05, 0) is 25.1 Å². The van der Waals surface area contributed by atoms with E-state index in [9.17, 15) is 14.0 Å². The molecule has 0 fully saturated rings. The summed E-state index contributed by atoms with van der Waals surface area (Å²) in [5, 5.41) is 6.57. The summed E-state index contributed by atoms with van der Waals surface area (Å²) < 4.78 is 14.8. The number of hydrogen-bond acceptors (Lipinski definition) is 4. The number of nitrogens with zero attached hydrogens (tertiary/aromatic N) is 2. The van der Waals surface area contributed by atoms with Gasteiger partial charge in [0.2, 0.25) is 6.10 Å². The van der Waals surface area contributed by atoms with Crippen LogP contribution in [-0.2, 0) is 16.2 Å². The maximum Gasteiger partial charge on any atom is 0.268 e. The van der Waals surface area contributed by atoms with Gasteiger partial charge < -0.3 is 14.7 Å². The van der Waals surface area contributed by atoms with Crippen LogP contribution in [0.3, 0.4) is 0 Å². The summed E-state index contributed by atoms with van der Waals surface area (Å²) in [5.74, 6) is -0.739. The minimum Gasteiger partial charge on any atom is -0.382 e. The highest BCUT2D eigenvalue weighted by molar-refractivity contribution is 6.06. The van der Waals surface area contributed by atoms with Gasteiger partial charge in [-0.25, -0.2) is 4.39 Å². The highest BCUT2D eigenvalue weighted by Gasteiger charge is 2.29. The van der Waals surface area contributed by atoms with E-state index in [1.54, 1.807) is 18.3 Å². The molecule has 0 unspecified atom stereocenters. The summed E-state index contributed by atoms with van der Waals surface area (Å²) in [6.45, 7) is 2.35. The minimum absolute atomic E-state index is 0.135. The Hall–Kier alpha value is -2.96. The summed E-state index contributed by atoms with van der Waals surface area (Å²) in [5.41, 5.74) is 1.48. The highest BCUT2D eigenvalue weighted by Crippen LogP contribution is 2.19. The maximum atomic E-state index is 13.3. The largest absolute Gasteiger partial charge is 0.382 e. The van der Waals surface area contributed by atoms with Gasteiger partial charge in [0, 0.05) is 30.8 Å². The van der Waals surface area contributed by atoms with Crippen LogP contribution in [0.2, 0.25) is 0 Å². The third-order valence-corrected chi connectivity index (χ3v) is 3.71. The SMILES string of the molecule is CCn1cc(NC(=O)[C@@H]2CC(c3cccc(F)c3)=NO2)ccc1=O. The molecule has 2 aromatic rings. The lowest BCUT2D eigenvalue weighted by Gasteiger charge is -2.11. The Labute approximate surface area is 137 Å². The molecule has 0 saturated carbocycles. The number of oxime groups is 1. The summed E-state index contributed by atoms with van der Waals surface area (Å²) in [6.07, 6.45) is 1.04. The molecule has 0 bridgehead atoms. The van der Waals surface area contributed by atoms with Gasteiger partial charge in [0.1, 0.15) is 5.82 Å². The minimum atomic E-state index is -0.787. The van der Waals surface area contributed by atoms with Crippen LogP contribution in [0.25, 0.3) is 0 Å². The molecule has 1 aromatic heterocycles. The zero-order valence-corrected chi connectivity index (χ0v) is 13.0. The van der Waals surface area contributed by atoms with Crippen molar-refractivity contribution in [1.29, 1.82) is 0 Å². The quantitative estimate of drug-likeness (QED) is 0.934. The van der Waals surface area contributed by atoms with E-state index < -0.39 is 6.10 Å². The molecule has 1 aliphatic heterocycles. The van der Waals surface area contributed by atoms with Gasteiger partial charge in [-0.1, -0.05) is 17.3 Å². The van der Waals surface area contributed by atoms with E-state index in [1.807, 2.05) is 6.92 Å². The highest BCUT2D eigenvalue weighted by atomic mass is 19.1. The number of aromatic nitrogens is 1. The number of amides is 1. The topological polar surface area (TPSA) is 72.7 Å². The van der Waals surface area contributed by atoms with E-state index >= 15 is 0 Å². The van der Waals surface area contributed by atoms with Gasteiger partial charge >= 0.3 is 0 Å². The van der Waals surface area contributed by atoms with E-state index in [1.165, 1.54) is 28.8 Å². The summed E-state index contributed by atoms with van der Waals surface area (Å²) >= 11 is 0. The smallest absolute Gasteiger partial charge is 0.268 e. The number of pyridine rings is 1. The normalized spacial score (nSPS) is 16.4. The molecule has 24 heavy (non-hydrogen) atoms. The molecule has 1 amide bonds. The molecule has 3 rings (SSSR count). The second-order valence-corrected chi connectivity index (χ2v) is 5.38. The lowest BCUT2D eigenvalue weighted by Crippen LogP contribution is -2.29. The fraction of sp³-hybridized carbons (Fsp3) is 0.235. The first-order valence-corrected chi connectivity index (χ1v) is 7.57. The number of hydrogen-bond donors (Lipinski definition) is 1. The molecule has 0 saturated heterocycles. The Bertz CT molecular complexity index is 860. The fourth-order valence-corrected chi connectivity index (χ4v) is 2.43. The number of halogens is 1. The summed E-state index contributed by atoms with van der Waals surface area (Å²) in [7, 11) is 0. The van der Waals surface area contributed by atoms with Crippen molar-refractivity contribution >= 4 is 17.3 Å². The molecule has 7 heteroatoms. The zero-order valence-electron chi connectivity index (χ0n) is 13.0. The number of nitrogens with one attached hydrogen (secondary N) is 1. The molecule has 1 aliphatic rings. The van der Waals surface area contributed by atoms with E-state index in [0.29, 0.717) is 23.5 Å². The van der Waals surface area contributed by atoms with Crippen molar-refractivity contribution in [2.75, 3.05) is 5.32 Å². The van der Waals surface area contributed by atoms with Crippen LogP contribution in [-0.4, -0.2) is 22.3 Å². The van der Waals surface area contributed by atoms with Gasteiger partial charge in [0.15, 0.2) is 0 Å². The zero-order chi connectivity index (χ0) is 17.1. The monoisotopic (exact) mass is 329 g/mol. The predicted octanol–water partition coefficient (Wildman–Crippen LogP) is 2.14.